The zero-order valence-corrected chi connectivity index (χ0v) is 27.5. The van der Waals surface area contributed by atoms with Crippen molar-refractivity contribution in [1.29, 1.82) is 0 Å². The Hall–Kier alpha value is -5.92. The molecule has 10 nitrogen and oxygen atoms in total. The second-order valence-corrected chi connectivity index (χ2v) is 12.1. The molecule has 5 atom stereocenters. The van der Waals surface area contributed by atoms with Crippen LogP contribution in [-0.4, -0.2) is 54.6 Å². The first kappa shape index (κ1) is 34.0. The number of esters is 3. The van der Waals surface area contributed by atoms with E-state index in [1.807, 2.05) is 78.9 Å². The molecule has 0 spiro atoms. The van der Waals surface area contributed by atoms with Crippen molar-refractivity contribution in [2.24, 2.45) is 5.92 Å². The van der Waals surface area contributed by atoms with Crippen LogP contribution in [0.15, 0.2) is 103 Å². The first-order valence-corrected chi connectivity index (χ1v) is 16.2. The normalized spacial score (nSPS) is 21.3. The highest BCUT2D eigenvalue weighted by atomic mass is 16.6. The van der Waals surface area contributed by atoms with Crippen molar-refractivity contribution in [2.75, 3.05) is 19.5 Å². The molecule has 6 rings (SSSR count). The van der Waals surface area contributed by atoms with Gasteiger partial charge in [-0.1, -0.05) is 84.6 Å². The molecule has 50 heavy (non-hydrogen) atoms. The van der Waals surface area contributed by atoms with Crippen LogP contribution < -0.4 is 5.32 Å². The Balaban J connectivity index is 1.48. The van der Waals surface area contributed by atoms with Crippen molar-refractivity contribution in [3.8, 4) is 17.6 Å². The summed E-state index contributed by atoms with van der Waals surface area (Å²) in [7, 11) is 2.38. The summed E-state index contributed by atoms with van der Waals surface area (Å²) in [6.07, 6.45) is 0.241. The molecule has 2 N–H and O–H groups in total. The predicted octanol–water partition coefficient (Wildman–Crippen LogP) is 5.60. The van der Waals surface area contributed by atoms with E-state index in [2.05, 4.69) is 22.1 Å². The number of phenols is 1. The molecule has 0 bridgehead atoms. The number of benzene rings is 4. The maximum absolute atomic E-state index is 14.0. The van der Waals surface area contributed by atoms with Crippen LogP contribution in [0.4, 0.5) is 5.69 Å². The van der Waals surface area contributed by atoms with Crippen LogP contribution in [0.5, 0.6) is 5.75 Å². The number of carbonyl (C=O) groups excluding carboxylic acids is 4. The van der Waals surface area contributed by atoms with E-state index in [1.165, 1.54) is 14.2 Å². The van der Waals surface area contributed by atoms with Crippen molar-refractivity contribution < 1.29 is 38.5 Å². The fraction of sp³-hybridized carbons (Fsp3) is 0.250. The number of rotatable bonds is 9. The monoisotopic (exact) mass is 672 g/mol. The van der Waals surface area contributed by atoms with Gasteiger partial charge in [-0.05, 0) is 59.0 Å². The van der Waals surface area contributed by atoms with Crippen molar-refractivity contribution in [2.45, 2.75) is 43.0 Å². The number of methoxy groups -OCH3 is 2. The van der Waals surface area contributed by atoms with Gasteiger partial charge >= 0.3 is 17.9 Å². The lowest BCUT2D eigenvalue weighted by atomic mass is 9.84. The van der Waals surface area contributed by atoms with Crippen molar-refractivity contribution in [3.05, 3.63) is 131 Å². The Labute approximate surface area is 290 Å². The maximum atomic E-state index is 14.0. The molecule has 4 aromatic rings. The van der Waals surface area contributed by atoms with E-state index in [9.17, 15) is 24.3 Å². The van der Waals surface area contributed by atoms with Gasteiger partial charge in [0.15, 0.2) is 5.92 Å². The summed E-state index contributed by atoms with van der Waals surface area (Å²) in [5, 5.41) is 13.1. The van der Waals surface area contributed by atoms with Crippen LogP contribution in [0.2, 0.25) is 0 Å². The van der Waals surface area contributed by atoms with Crippen LogP contribution in [-0.2, 0) is 33.4 Å². The molecule has 2 fully saturated rings. The molecule has 0 saturated carbocycles. The Morgan fingerprint density at radius 1 is 0.900 bits per heavy atom. The van der Waals surface area contributed by atoms with Gasteiger partial charge in [-0.25, -0.2) is 0 Å². The van der Waals surface area contributed by atoms with E-state index >= 15 is 0 Å². The summed E-state index contributed by atoms with van der Waals surface area (Å²) in [6, 6.07) is 30.5. The molecule has 2 aliphatic heterocycles. The van der Waals surface area contributed by atoms with Gasteiger partial charge in [-0.15, -0.1) is 0 Å². The van der Waals surface area contributed by atoms with Gasteiger partial charge < -0.3 is 24.6 Å². The largest absolute Gasteiger partial charge is 0.508 e. The number of nitrogens with one attached hydrogen (secondary N) is 1. The number of phenolic OH excluding ortho intramolecular Hbond substituents is 1. The highest BCUT2D eigenvalue weighted by molar-refractivity contribution is 5.95. The number of hydrogen-bond acceptors (Lipinski definition) is 9. The summed E-state index contributed by atoms with van der Waals surface area (Å²) in [5.74, 6) is 2.67. The summed E-state index contributed by atoms with van der Waals surface area (Å²) in [5.41, 5.74) is 4.56. The minimum absolute atomic E-state index is 0.109. The van der Waals surface area contributed by atoms with Crippen LogP contribution >= 0.6 is 0 Å². The SMILES string of the molecule is COC(=O)C(CC#Cc1ccc(NC=O)c(C2C[C@@H]3C(=O)O[C@@H](c4ccccc4)[C@@H](c4ccccc4)N3[C@H]2c2ccc(O)cc2)c1)C(=O)OC. The van der Waals surface area contributed by atoms with Gasteiger partial charge in [-0.3, -0.25) is 24.1 Å². The molecule has 0 aromatic heterocycles. The molecule has 254 valence electrons. The molecule has 2 aliphatic rings. The number of amides is 1. The van der Waals surface area contributed by atoms with Gasteiger partial charge in [0, 0.05) is 29.6 Å². The number of morpholine rings is 1. The van der Waals surface area contributed by atoms with Gasteiger partial charge in [-0.2, -0.15) is 0 Å². The van der Waals surface area contributed by atoms with Gasteiger partial charge in [0.1, 0.15) is 17.9 Å². The quantitative estimate of drug-likeness (QED) is 0.0767. The predicted molar refractivity (Wildman–Crippen MR) is 183 cm³/mol. The lowest BCUT2D eigenvalue weighted by Gasteiger charge is -2.45. The Kier molecular flexibility index (Phi) is 10.3. The second kappa shape index (κ2) is 15.1. The summed E-state index contributed by atoms with van der Waals surface area (Å²) < 4.78 is 15.8. The molecule has 2 heterocycles. The number of aromatic hydroxyl groups is 1. The van der Waals surface area contributed by atoms with E-state index in [4.69, 9.17) is 14.2 Å². The van der Waals surface area contributed by atoms with E-state index in [0.29, 0.717) is 24.1 Å². The number of anilines is 1. The van der Waals surface area contributed by atoms with Crippen molar-refractivity contribution in [1.82, 2.24) is 4.90 Å². The van der Waals surface area contributed by atoms with Crippen molar-refractivity contribution >= 4 is 30.0 Å². The number of hydrogen-bond donors (Lipinski definition) is 2. The summed E-state index contributed by atoms with van der Waals surface area (Å²) in [4.78, 5) is 52.5. The average Bonchev–Trinajstić information content (AvgIpc) is 3.55. The lowest BCUT2D eigenvalue weighted by Crippen LogP contribution is -2.49. The fourth-order valence-electron chi connectivity index (χ4n) is 7.11. The third kappa shape index (κ3) is 6.81. The molecule has 1 unspecified atom stereocenters. The van der Waals surface area contributed by atoms with E-state index in [0.717, 1.165) is 22.3 Å². The topological polar surface area (TPSA) is 131 Å². The van der Waals surface area contributed by atoms with Gasteiger partial charge in [0.05, 0.1) is 20.3 Å². The maximum Gasteiger partial charge on any atom is 0.324 e. The minimum Gasteiger partial charge on any atom is -0.508 e. The molecule has 1 amide bonds. The van der Waals surface area contributed by atoms with Gasteiger partial charge in [0.25, 0.3) is 0 Å². The average molecular weight is 673 g/mol. The van der Waals surface area contributed by atoms with Crippen molar-refractivity contribution in [3.63, 3.8) is 0 Å². The third-order valence-corrected chi connectivity index (χ3v) is 9.34. The number of carbonyl (C=O) groups is 4. The van der Waals surface area contributed by atoms with E-state index in [-0.39, 0.29) is 30.1 Å². The molecule has 10 heteroatoms. The summed E-state index contributed by atoms with van der Waals surface area (Å²) >= 11 is 0. The molecular weight excluding hydrogens is 636 g/mol. The number of cyclic esters (lactones) is 1. The van der Waals surface area contributed by atoms with E-state index < -0.39 is 36.0 Å². The molecule has 0 radical (unpaired) electrons. The molecule has 4 aromatic carbocycles. The lowest BCUT2D eigenvalue weighted by molar-refractivity contribution is -0.175. The number of ether oxygens (including phenoxy) is 3. The highest BCUT2D eigenvalue weighted by Crippen LogP contribution is 2.57. The first-order valence-electron chi connectivity index (χ1n) is 16.2. The second-order valence-electron chi connectivity index (χ2n) is 12.1. The third-order valence-electron chi connectivity index (χ3n) is 9.34. The van der Waals surface area contributed by atoms with Crippen LogP contribution in [0.3, 0.4) is 0 Å². The molecule has 2 saturated heterocycles. The standard InChI is InChI=1S/C40H36N2O8/c1-48-38(45)30(39(46)49-2)15-9-10-25-16-21-33(41-24-43)31(22-25)32-23-34-40(47)50-37(28-13-7-4-8-14-28)36(26-11-5-3-6-12-26)42(34)35(32)27-17-19-29(44)20-18-27/h3-8,11-14,16-22,24,30,32,34-37,44H,15,23H2,1-2H3,(H,41,43)/t32?,34-,35+,36-,37+/m1/s1. The Bertz CT molecular complexity index is 1900. The molecule has 0 aliphatic carbocycles. The van der Waals surface area contributed by atoms with E-state index in [1.54, 1.807) is 24.3 Å². The highest BCUT2D eigenvalue weighted by Gasteiger charge is 2.55. The Morgan fingerprint density at radius 3 is 2.14 bits per heavy atom. The minimum atomic E-state index is -1.20. The Morgan fingerprint density at radius 2 is 1.52 bits per heavy atom. The first-order chi connectivity index (χ1) is 24.3. The number of fused-ring (bicyclic) bond motifs is 1. The summed E-state index contributed by atoms with van der Waals surface area (Å²) in [6.45, 7) is 0. The van der Waals surface area contributed by atoms with Crippen LogP contribution in [0.1, 0.15) is 64.8 Å². The molecular formula is C40H36N2O8. The number of nitrogens with zero attached hydrogens (tertiary/aromatic N) is 1. The smallest absolute Gasteiger partial charge is 0.324 e. The fourth-order valence-corrected chi connectivity index (χ4v) is 7.11. The van der Waals surface area contributed by atoms with Gasteiger partial charge in [0.2, 0.25) is 6.41 Å². The van der Waals surface area contributed by atoms with Crippen LogP contribution in [0, 0.1) is 17.8 Å². The zero-order valence-electron chi connectivity index (χ0n) is 27.5. The van der Waals surface area contributed by atoms with Crippen LogP contribution in [0.25, 0.3) is 0 Å². The zero-order chi connectivity index (χ0) is 35.2.